The van der Waals surface area contributed by atoms with Crippen LogP contribution in [0.1, 0.15) is 58.2 Å². The molecule has 7 atom stereocenters. The normalized spacial score (nSPS) is 41.8. The van der Waals surface area contributed by atoms with Crippen molar-refractivity contribution in [3.8, 4) is 0 Å². The standard InChI is InChI=1S/C27H35N3O/c1-26-14-12-20-18(9-11-23-27(20,2)15-13-25(31)30(23)3)19(26)10-8-17(26)16-24-28-21-6-4-5-7-22(21)29-24/h4-7,13,15,17-20,23H,8-12,14,16H2,1-3H3,(H,28,29)/t17-,18?,19+,20?,23-,26-,27-/m1/s1. The van der Waals surface area contributed by atoms with Crippen LogP contribution in [0.5, 0.6) is 0 Å². The van der Waals surface area contributed by atoms with Crippen LogP contribution in [0.3, 0.4) is 0 Å². The van der Waals surface area contributed by atoms with Gasteiger partial charge in [-0.05, 0) is 85.8 Å². The van der Waals surface area contributed by atoms with Gasteiger partial charge in [0.25, 0.3) is 0 Å². The molecule has 164 valence electrons. The van der Waals surface area contributed by atoms with Crippen molar-refractivity contribution in [1.29, 1.82) is 0 Å². The molecular weight excluding hydrogens is 382 g/mol. The number of carbonyl (C=O) groups excluding carboxylic acids is 1. The molecule has 3 fully saturated rings. The van der Waals surface area contributed by atoms with Crippen LogP contribution < -0.4 is 0 Å². The second-order valence-corrected chi connectivity index (χ2v) is 11.3. The summed E-state index contributed by atoms with van der Waals surface area (Å²) in [6, 6.07) is 8.78. The number of para-hydroxylation sites is 2. The highest BCUT2D eigenvalue weighted by molar-refractivity contribution is 5.89. The number of fused-ring (bicyclic) bond motifs is 6. The van der Waals surface area contributed by atoms with Gasteiger partial charge in [0, 0.05) is 24.9 Å². The second kappa shape index (κ2) is 6.70. The first-order chi connectivity index (χ1) is 14.9. The molecule has 2 aromatic rings. The summed E-state index contributed by atoms with van der Waals surface area (Å²) in [4.78, 5) is 22.8. The van der Waals surface area contributed by atoms with E-state index in [9.17, 15) is 4.79 Å². The third kappa shape index (κ3) is 2.72. The van der Waals surface area contributed by atoms with Gasteiger partial charge in [0.15, 0.2) is 0 Å². The molecule has 1 N–H and O–H groups in total. The van der Waals surface area contributed by atoms with Gasteiger partial charge in [-0.15, -0.1) is 0 Å². The van der Waals surface area contributed by atoms with Crippen molar-refractivity contribution < 1.29 is 4.79 Å². The molecule has 31 heavy (non-hydrogen) atoms. The number of aromatic nitrogens is 2. The maximum Gasteiger partial charge on any atom is 0.246 e. The number of hydrogen-bond donors (Lipinski definition) is 1. The van der Waals surface area contributed by atoms with Crippen molar-refractivity contribution in [3.63, 3.8) is 0 Å². The Morgan fingerprint density at radius 2 is 1.94 bits per heavy atom. The number of likely N-dealkylation sites (N-methyl/N-ethyl adjacent to an activating group) is 1. The number of benzene rings is 1. The molecule has 6 rings (SSSR count). The van der Waals surface area contributed by atoms with Crippen molar-refractivity contribution in [2.45, 2.75) is 64.8 Å². The Kier molecular flexibility index (Phi) is 4.23. The highest BCUT2D eigenvalue weighted by atomic mass is 16.2. The highest BCUT2D eigenvalue weighted by Gasteiger charge is 2.60. The van der Waals surface area contributed by atoms with Crippen LogP contribution in [-0.4, -0.2) is 33.9 Å². The Labute approximate surface area is 185 Å². The van der Waals surface area contributed by atoms with E-state index in [1.807, 2.05) is 18.0 Å². The molecule has 1 aliphatic heterocycles. The molecule has 1 amide bonds. The molecule has 4 heteroatoms. The molecule has 1 aromatic carbocycles. The number of imidazole rings is 1. The van der Waals surface area contributed by atoms with Gasteiger partial charge in [0.05, 0.1) is 11.0 Å². The number of nitrogens with one attached hydrogen (secondary N) is 1. The van der Waals surface area contributed by atoms with Gasteiger partial charge < -0.3 is 9.88 Å². The van der Waals surface area contributed by atoms with E-state index < -0.39 is 0 Å². The number of aromatic amines is 1. The van der Waals surface area contributed by atoms with Crippen LogP contribution in [0.4, 0.5) is 0 Å². The van der Waals surface area contributed by atoms with E-state index in [0.717, 1.165) is 41.6 Å². The van der Waals surface area contributed by atoms with Gasteiger partial charge in [0.1, 0.15) is 5.82 Å². The first-order valence-corrected chi connectivity index (χ1v) is 12.3. The zero-order chi connectivity index (χ0) is 21.4. The van der Waals surface area contributed by atoms with Gasteiger partial charge in [-0.2, -0.15) is 0 Å². The molecule has 2 heterocycles. The number of rotatable bonds is 2. The minimum absolute atomic E-state index is 0.143. The van der Waals surface area contributed by atoms with E-state index in [-0.39, 0.29) is 11.3 Å². The van der Waals surface area contributed by atoms with E-state index in [2.05, 4.69) is 49.2 Å². The molecule has 0 bridgehead atoms. The van der Waals surface area contributed by atoms with Crippen LogP contribution in [-0.2, 0) is 11.2 Å². The number of amides is 1. The molecular formula is C27H35N3O. The predicted molar refractivity (Wildman–Crippen MR) is 123 cm³/mol. The first kappa shape index (κ1) is 19.6. The van der Waals surface area contributed by atoms with Crippen LogP contribution in [0.15, 0.2) is 36.4 Å². The summed E-state index contributed by atoms with van der Waals surface area (Å²) >= 11 is 0. The minimum atomic E-state index is 0.143. The highest BCUT2D eigenvalue weighted by Crippen LogP contribution is 2.65. The summed E-state index contributed by atoms with van der Waals surface area (Å²) in [5.41, 5.74) is 2.82. The number of H-pyrrole nitrogens is 1. The van der Waals surface area contributed by atoms with Crippen LogP contribution in [0, 0.1) is 34.5 Å². The Bertz CT molecular complexity index is 1020. The maximum atomic E-state index is 12.3. The topological polar surface area (TPSA) is 49.0 Å². The molecule has 1 aromatic heterocycles. The SMILES string of the molecule is CN1C(=O)C=C[C@]2(C)C3CC[C@]4(C)[C@@H](Cc5nc6ccccc6[nH]5)CC[C@H]4C3CC[C@@H]12. The molecule has 0 saturated heterocycles. The second-order valence-electron chi connectivity index (χ2n) is 11.3. The molecule has 0 radical (unpaired) electrons. The number of nitrogens with zero attached hydrogens (tertiary/aromatic N) is 2. The van der Waals surface area contributed by atoms with Gasteiger partial charge in [-0.1, -0.05) is 32.1 Å². The fourth-order valence-electron chi connectivity index (χ4n) is 8.52. The number of hydrogen-bond acceptors (Lipinski definition) is 2. The monoisotopic (exact) mass is 417 g/mol. The summed E-state index contributed by atoms with van der Waals surface area (Å²) in [7, 11) is 2.01. The third-order valence-corrected chi connectivity index (χ3v) is 10.2. The summed E-state index contributed by atoms with van der Waals surface area (Å²) in [6.07, 6.45) is 13.0. The van der Waals surface area contributed by atoms with Crippen LogP contribution in [0.25, 0.3) is 11.0 Å². The van der Waals surface area contributed by atoms with Crippen molar-refractivity contribution in [2.24, 2.45) is 34.5 Å². The Balaban J connectivity index is 1.26. The lowest BCUT2D eigenvalue weighted by Crippen LogP contribution is -2.59. The molecule has 3 saturated carbocycles. The molecule has 2 unspecified atom stereocenters. The summed E-state index contributed by atoms with van der Waals surface area (Å²) in [5.74, 6) is 4.40. The quantitative estimate of drug-likeness (QED) is 0.715. The molecule has 3 aliphatic carbocycles. The molecule has 4 aliphatic rings. The first-order valence-electron chi connectivity index (χ1n) is 12.3. The van der Waals surface area contributed by atoms with Gasteiger partial charge in [0.2, 0.25) is 5.91 Å². The number of carbonyl (C=O) groups is 1. The van der Waals surface area contributed by atoms with Gasteiger partial charge >= 0.3 is 0 Å². The minimum Gasteiger partial charge on any atom is -0.342 e. The van der Waals surface area contributed by atoms with E-state index in [1.165, 1.54) is 37.9 Å². The zero-order valence-electron chi connectivity index (χ0n) is 19.1. The summed E-state index contributed by atoms with van der Waals surface area (Å²) < 4.78 is 0. The van der Waals surface area contributed by atoms with Crippen molar-refractivity contribution in [2.75, 3.05) is 7.05 Å². The van der Waals surface area contributed by atoms with Crippen LogP contribution >= 0.6 is 0 Å². The van der Waals surface area contributed by atoms with Crippen molar-refractivity contribution >= 4 is 16.9 Å². The lowest BCUT2D eigenvalue weighted by Gasteiger charge is -2.60. The largest absolute Gasteiger partial charge is 0.342 e. The summed E-state index contributed by atoms with van der Waals surface area (Å²) in [5, 5.41) is 0. The van der Waals surface area contributed by atoms with E-state index in [0.29, 0.717) is 17.4 Å². The van der Waals surface area contributed by atoms with Crippen LogP contribution in [0.2, 0.25) is 0 Å². The maximum absolute atomic E-state index is 12.3. The summed E-state index contributed by atoms with van der Waals surface area (Å²) in [6.45, 7) is 5.03. The fraction of sp³-hybridized carbons (Fsp3) is 0.630. The predicted octanol–water partition coefficient (Wildman–Crippen LogP) is 5.36. The van der Waals surface area contributed by atoms with Gasteiger partial charge in [-0.25, -0.2) is 4.98 Å². The van der Waals surface area contributed by atoms with E-state index in [1.54, 1.807) is 0 Å². The van der Waals surface area contributed by atoms with E-state index in [4.69, 9.17) is 4.98 Å². The lowest BCUT2D eigenvalue weighted by atomic mass is 9.47. The Morgan fingerprint density at radius 1 is 1.10 bits per heavy atom. The van der Waals surface area contributed by atoms with Crippen molar-refractivity contribution in [1.82, 2.24) is 14.9 Å². The molecule has 0 spiro atoms. The third-order valence-electron chi connectivity index (χ3n) is 10.2. The van der Waals surface area contributed by atoms with Gasteiger partial charge in [-0.3, -0.25) is 4.79 Å². The molecule has 4 nitrogen and oxygen atoms in total. The zero-order valence-corrected chi connectivity index (χ0v) is 19.1. The smallest absolute Gasteiger partial charge is 0.246 e. The fourth-order valence-corrected chi connectivity index (χ4v) is 8.52. The Hall–Kier alpha value is -2.10. The van der Waals surface area contributed by atoms with Crippen molar-refractivity contribution in [3.05, 3.63) is 42.2 Å². The average Bonchev–Trinajstić information content (AvgIpc) is 3.32. The Morgan fingerprint density at radius 3 is 2.77 bits per heavy atom. The lowest BCUT2D eigenvalue weighted by molar-refractivity contribution is -0.138. The van der Waals surface area contributed by atoms with E-state index >= 15 is 0 Å². The average molecular weight is 418 g/mol.